The van der Waals surface area contributed by atoms with Gasteiger partial charge in [0.05, 0.1) is 5.92 Å². The second kappa shape index (κ2) is 7.27. The van der Waals surface area contributed by atoms with Gasteiger partial charge < -0.3 is 5.73 Å². The van der Waals surface area contributed by atoms with Crippen molar-refractivity contribution in [2.75, 3.05) is 0 Å². The standard InChI is InChI=1S/C16H27NO2/c1-7-8-9-12(15(17)19)13(10-11(2)3)14(18)16(4,5)6/h7-8,12-13H,2,9-10H2,1,3-6H3,(H2,17,19)/b8-7+/t12-,13+/m0/s1. The van der Waals surface area contributed by atoms with Gasteiger partial charge in [-0.3, -0.25) is 9.59 Å². The van der Waals surface area contributed by atoms with E-state index in [0.717, 1.165) is 5.57 Å². The van der Waals surface area contributed by atoms with Crippen LogP contribution in [0.5, 0.6) is 0 Å². The molecular formula is C16H27NO2. The Labute approximate surface area is 116 Å². The van der Waals surface area contributed by atoms with Gasteiger partial charge in [0, 0.05) is 11.3 Å². The fraction of sp³-hybridized carbons (Fsp3) is 0.625. The average molecular weight is 265 g/mol. The number of amides is 1. The highest BCUT2D eigenvalue weighted by atomic mass is 16.1. The molecule has 0 aliphatic rings. The molecule has 2 atom stereocenters. The lowest BCUT2D eigenvalue weighted by atomic mass is 9.73. The van der Waals surface area contributed by atoms with Crippen LogP contribution >= 0.6 is 0 Å². The zero-order valence-electron chi connectivity index (χ0n) is 12.8. The van der Waals surface area contributed by atoms with E-state index in [-0.39, 0.29) is 11.7 Å². The van der Waals surface area contributed by atoms with Gasteiger partial charge in [0.1, 0.15) is 5.78 Å². The minimum Gasteiger partial charge on any atom is -0.369 e. The van der Waals surface area contributed by atoms with Crippen molar-refractivity contribution in [3.05, 3.63) is 24.3 Å². The molecular weight excluding hydrogens is 238 g/mol. The summed E-state index contributed by atoms with van der Waals surface area (Å²) in [4.78, 5) is 24.2. The third kappa shape index (κ3) is 5.86. The first kappa shape index (κ1) is 17.6. The molecule has 19 heavy (non-hydrogen) atoms. The van der Waals surface area contributed by atoms with E-state index in [9.17, 15) is 9.59 Å². The maximum absolute atomic E-state index is 12.5. The molecule has 0 saturated carbocycles. The van der Waals surface area contributed by atoms with Crippen LogP contribution in [-0.4, -0.2) is 11.7 Å². The molecule has 108 valence electrons. The Kier molecular flexibility index (Phi) is 6.74. The number of rotatable bonds is 7. The number of ketones is 1. The highest BCUT2D eigenvalue weighted by Gasteiger charge is 2.36. The third-order valence-corrected chi connectivity index (χ3v) is 3.12. The van der Waals surface area contributed by atoms with Gasteiger partial charge in [0.25, 0.3) is 0 Å². The van der Waals surface area contributed by atoms with Gasteiger partial charge in [-0.25, -0.2) is 0 Å². The van der Waals surface area contributed by atoms with Gasteiger partial charge in [-0.1, -0.05) is 38.5 Å². The van der Waals surface area contributed by atoms with Gasteiger partial charge in [-0.05, 0) is 26.7 Å². The minimum absolute atomic E-state index is 0.0730. The number of allylic oxidation sites excluding steroid dienone is 3. The van der Waals surface area contributed by atoms with Crippen LogP contribution in [0.3, 0.4) is 0 Å². The molecule has 0 unspecified atom stereocenters. The first-order valence-electron chi connectivity index (χ1n) is 6.70. The van der Waals surface area contributed by atoms with Crippen molar-refractivity contribution in [3.63, 3.8) is 0 Å². The number of carbonyl (C=O) groups excluding carboxylic acids is 2. The van der Waals surface area contributed by atoms with Crippen LogP contribution in [0.2, 0.25) is 0 Å². The molecule has 0 rings (SSSR count). The summed E-state index contributed by atoms with van der Waals surface area (Å²) < 4.78 is 0. The number of Topliss-reactive ketones (excluding diaryl/α,β-unsaturated/α-hetero) is 1. The summed E-state index contributed by atoms with van der Waals surface area (Å²) >= 11 is 0. The first-order chi connectivity index (χ1) is 8.61. The van der Waals surface area contributed by atoms with Crippen molar-refractivity contribution >= 4 is 11.7 Å². The summed E-state index contributed by atoms with van der Waals surface area (Å²) in [6.07, 6.45) is 4.78. The molecule has 0 saturated heterocycles. The summed E-state index contributed by atoms with van der Waals surface area (Å²) in [6, 6.07) is 0. The molecule has 0 radical (unpaired) electrons. The van der Waals surface area contributed by atoms with Crippen molar-refractivity contribution in [2.45, 2.75) is 47.5 Å². The summed E-state index contributed by atoms with van der Waals surface area (Å²) in [5.74, 6) is -1.18. The SMILES string of the molecule is C=C(C)C[C@@H](C(=O)C(C)(C)C)[C@H](C/C=C/C)C(N)=O. The lowest BCUT2D eigenvalue weighted by molar-refractivity contribution is -0.136. The molecule has 0 aromatic carbocycles. The first-order valence-corrected chi connectivity index (χ1v) is 6.70. The van der Waals surface area contributed by atoms with Gasteiger partial charge in [0.15, 0.2) is 0 Å². The van der Waals surface area contributed by atoms with Crippen molar-refractivity contribution in [3.8, 4) is 0 Å². The average Bonchev–Trinajstić information content (AvgIpc) is 2.24. The number of hydrogen-bond acceptors (Lipinski definition) is 2. The Balaban J connectivity index is 5.34. The number of nitrogens with two attached hydrogens (primary N) is 1. The highest BCUT2D eigenvalue weighted by Crippen LogP contribution is 2.31. The zero-order chi connectivity index (χ0) is 15.2. The normalized spacial score (nSPS) is 15.2. The predicted octanol–water partition coefficient (Wildman–Crippen LogP) is 3.25. The van der Waals surface area contributed by atoms with Crippen molar-refractivity contribution in [2.24, 2.45) is 23.0 Å². The molecule has 0 heterocycles. The smallest absolute Gasteiger partial charge is 0.221 e. The Morgan fingerprint density at radius 2 is 1.79 bits per heavy atom. The van der Waals surface area contributed by atoms with Crippen molar-refractivity contribution in [1.82, 2.24) is 0 Å². The number of carbonyl (C=O) groups is 2. The van der Waals surface area contributed by atoms with E-state index in [1.807, 2.05) is 46.8 Å². The maximum atomic E-state index is 12.5. The van der Waals surface area contributed by atoms with E-state index in [1.54, 1.807) is 0 Å². The molecule has 0 aliphatic carbocycles. The van der Waals surface area contributed by atoms with Crippen molar-refractivity contribution < 1.29 is 9.59 Å². The van der Waals surface area contributed by atoms with Gasteiger partial charge in [-0.2, -0.15) is 0 Å². The van der Waals surface area contributed by atoms with Crippen LogP contribution in [0.1, 0.15) is 47.5 Å². The molecule has 0 aromatic rings. The molecule has 0 bridgehead atoms. The van der Waals surface area contributed by atoms with Gasteiger partial charge >= 0.3 is 0 Å². The summed E-state index contributed by atoms with van der Waals surface area (Å²) in [5, 5.41) is 0. The van der Waals surface area contributed by atoms with E-state index in [2.05, 4.69) is 6.58 Å². The van der Waals surface area contributed by atoms with E-state index >= 15 is 0 Å². The second-order valence-electron chi connectivity index (χ2n) is 6.20. The summed E-state index contributed by atoms with van der Waals surface area (Å²) in [7, 11) is 0. The van der Waals surface area contributed by atoms with Gasteiger partial charge in [-0.15, -0.1) is 6.58 Å². The zero-order valence-corrected chi connectivity index (χ0v) is 12.8. The van der Waals surface area contributed by atoms with Crippen LogP contribution in [0, 0.1) is 17.3 Å². The Hall–Kier alpha value is -1.38. The molecule has 2 N–H and O–H groups in total. The lowest BCUT2D eigenvalue weighted by Gasteiger charge is -2.29. The molecule has 0 aromatic heterocycles. The van der Waals surface area contributed by atoms with Crippen LogP contribution in [0.25, 0.3) is 0 Å². The van der Waals surface area contributed by atoms with Crippen LogP contribution in [0.4, 0.5) is 0 Å². The minimum atomic E-state index is -0.482. The van der Waals surface area contributed by atoms with E-state index < -0.39 is 17.2 Å². The monoisotopic (exact) mass is 265 g/mol. The molecule has 0 aliphatic heterocycles. The largest absolute Gasteiger partial charge is 0.369 e. The quantitative estimate of drug-likeness (QED) is 0.718. The Morgan fingerprint density at radius 1 is 1.26 bits per heavy atom. The second-order valence-corrected chi connectivity index (χ2v) is 6.20. The van der Waals surface area contributed by atoms with Crippen LogP contribution in [0.15, 0.2) is 24.3 Å². The molecule has 0 fully saturated rings. The topological polar surface area (TPSA) is 60.2 Å². The summed E-state index contributed by atoms with van der Waals surface area (Å²) in [6.45, 7) is 13.2. The predicted molar refractivity (Wildman–Crippen MR) is 79.5 cm³/mol. The molecule has 0 spiro atoms. The molecule has 3 heteroatoms. The summed E-state index contributed by atoms with van der Waals surface area (Å²) in [5.41, 5.74) is 5.90. The van der Waals surface area contributed by atoms with Crippen molar-refractivity contribution in [1.29, 1.82) is 0 Å². The van der Waals surface area contributed by atoms with E-state index in [4.69, 9.17) is 5.73 Å². The fourth-order valence-corrected chi connectivity index (χ4v) is 2.11. The van der Waals surface area contributed by atoms with Crippen LogP contribution < -0.4 is 5.73 Å². The Bertz CT molecular complexity index is 375. The maximum Gasteiger partial charge on any atom is 0.221 e. The molecule has 3 nitrogen and oxygen atoms in total. The highest BCUT2D eigenvalue weighted by molar-refractivity contribution is 5.91. The third-order valence-electron chi connectivity index (χ3n) is 3.12. The van der Waals surface area contributed by atoms with Crippen LogP contribution in [-0.2, 0) is 9.59 Å². The van der Waals surface area contributed by atoms with E-state index in [1.165, 1.54) is 0 Å². The number of primary amides is 1. The number of hydrogen-bond donors (Lipinski definition) is 1. The molecule has 1 amide bonds. The Morgan fingerprint density at radius 3 is 2.11 bits per heavy atom. The van der Waals surface area contributed by atoms with E-state index in [0.29, 0.717) is 12.8 Å². The lowest BCUT2D eigenvalue weighted by Crippen LogP contribution is -2.39. The van der Waals surface area contributed by atoms with Gasteiger partial charge in [0.2, 0.25) is 5.91 Å². The fourth-order valence-electron chi connectivity index (χ4n) is 2.11.